The van der Waals surface area contributed by atoms with Crippen LogP contribution < -0.4 is 0 Å². The van der Waals surface area contributed by atoms with E-state index in [1.165, 1.54) is 0 Å². The van der Waals surface area contributed by atoms with E-state index in [4.69, 9.17) is 13.3 Å². The van der Waals surface area contributed by atoms with Crippen LogP contribution in [0.3, 0.4) is 0 Å². The molecular weight excluding hydrogens is 212 g/mol. The van der Waals surface area contributed by atoms with Crippen LogP contribution in [0.25, 0.3) is 0 Å². The van der Waals surface area contributed by atoms with Crippen molar-refractivity contribution in [2.45, 2.75) is 20.8 Å². The molecule has 0 radical (unpaired) electrons. The van der Waals surface area contributed by atoms with Gasteiger partial charge in [0.25, 0.3) is 0 Å². The van der Waals surface area contributed by atoms with Gasteiger partial charge in [0.15, 0.2) is 0 Å². The average Bonchev–Trinajstić information content (AvgIpc) is 1.88. The minimum absolute atomic E-state index is 0. The first kappa shape index (κ1) is 15.3. The van der Waals surface area contributed by atoms with Crippen LogP contribution in [0.4, 0.5) is 0 Å². The van der Waals surface area contributed by atoms with Crippen molar-refractivity contribution < 1.29 is 39.8 Å². The molecule has 0 atom stereocenters. The van der Waals surface area contributed by atoms with Gasteiger partial charge in [-0.2, -0.15) is 0 Å². The molecule has 72 valence electrons. The fourth-order valence-corrected chi connectivity index (χ4v) is 2.02. The van der Waals surface area contributed by atoms with Crippen LogP contribution in [-0.4, -0.2) is 33.7 Å². The summed E-state index contributed by atoms with van der Waals surface area (Å²) in [6, 6.07) is 0. The quantitative estimate of drug-likeness (QED) is 0.673. The minimum atomic E-state index is -3.25. The molecule has 0 aromatic heterocycles. The van der Waals surface area contributed by atoms with Gasteiger partial charge in [0.2, 0.25) is 0 Å². The van der Waals surface area contributed by atoms with Gasteiger partial charge in [-0.3, -0.25) is 0 Å². The number of hydrogen-bond acceptors (Lipinski definition) is 4. The van der Waals surface area contributed by atoms with Crippen molar-refractivity contribution >= 4 is 9.05 Å². The topological polar surface area (TPSA) is 47.9 Å². The summed E-state index contributed by atoms with van der Waals surface area (Å²) in [7, 11) is -3.25. The van der Waals surface area contributed by atoms with Gasteiger partial charge in [-0.15, -0.1) is 0 Å². The maximum Gasteiger partial charge on any atom is 0.676 e. The van der Waals surface area contributed by atoms with Crippen molar-refractivity contribution in [3.63, 3.8) is 0 Å². The molecule has 0 aromatic carbocycles. The Morgan fingerprint density at radius 2 is 1.17 bits per heavy atom. The van der Waals surface area contributed by atoms with E-state index in [0.29, 0.717) is 19.8 Å². The molecule has 12 heavy (non-hydrogen) atoms. The Labute approximate surface area is 89.6 Å². The Bertz CT molecular complexity index is 86.5. The van der Waals surface area contributed by atoms with E-state index in [9.17, 15) is 4.80 Å². The molecule has 1 N–H and O–H groups in total. The van der Waals surface area contributed by atoms with Gasteiger partial charge in [-0.05, 0) is 20.8 Å². The molecule has 0 unspecified atom stereocenters. The first-order valence-electron chi connectivity index (χ1n) is 3.82. The van der Waals surface area contributed by atoms with E-state index >= 15 is 0 Å². The molecule has 4 nitrogen and oxygen atoms in total. The Hall–Kier alpha value is 0.771. The number of hydrogen-bond donors (Lipinski definition) is 1. The zero-order valence-corrected chi connectivity index (χ0v) is 10.4. The Kier molecular flexibility index (Phi) is 10.6. The van der Waals surface area contributed by atoms with Crippen molar-refractivity contribution in [3.05, 3.63) is 0 Å². The van der Waals surface area contributed by atoms with Gasteiger partial charge in [0.05, 0.1) is 0 Å². The Morgan fingerprint density at radius 1 is 0.917 bits per heavy atom. The second-order valence-corrected chi connectivity index (χ2v) is 3.74. The second-order valence-electron chi connectivity index (χ2n) is 1.82. The summed E-state index contributed by atoms with van der Waals surface area (Å²) >= 11 is 0. The smallest absolute Gasteiger partial charge is 0.367 e. The average molecular weight is 228 g/mol. The van der Waals surface area contributed by atoms with Gasteiger partial charge < -0.3 is 18.1 Å². The maximum atomic E-state index is 9.48. The van der Waals surface area contributed by atoms with Crippen LogP contribution in [-0.2, 0) is 35.0 Å². The maximum absolute atomic E-state index is 9.48. The standard InChI is InChI=1S/C6H16O4Si.Ti/c1-4-8-11(7,9-5-2)10-6-3;/h7H,4-6H2,1-3H3;. The summed E-state index contributed by atoms with van der Waals surface area (Å²) in [6.07, 6.45) is 0. The summed E-state index contributed by atoms with van der Waals surface area (Å²) in [6.45, 7) is 6.58. The van der Waals surface area contributed by atoms with Gasteiger partial charge in [-0.1, -0.05) is 0 Å². The van der Waals surface area contributed by atoms with Crippen molar-refractivity contribution in [2.24, 2.45) is 0 Å². The predicted octanol–water partition coefficient (Wildman–Crippen LogP) is 0.521. The summed E-state index contributed by atoms with van der Waals surface area (Å²) in [4.78, 5) is 9.48. The van der Waals surface area contributed by atoms with Crippen molar-refractivity contribution in [1.82, 2.24) is 0 Å². The minimum Gasteiger partial charge on any atom is -0.367 e. The fourth-order valence-electron chi connectivity index (χ4n) is 0.672. The molecule has 0 aliphatic heterocycles. The molecule has 0 aliphatic carbocycles. The van der Waals surface area contributed by atoms with E-state index in [1.807, 2.05) is 0 Å². The molecular formula is C6H16O4SiTi. The molecule has 0 aromatic rings. The van der Waals surface area contributed by atoms with Gasteiger partial charge in [0.1, 0.15) is 0 Å². The first-order valence-corrected chi connectivity index (χ1v) is 5.50. The van der Waals surface area contributed by atoms with Gasteiger partial charge >= 0.3 is 9.05 Å². The van der Waals surface area contributed by atoms with Crippen LogP contribution >= 0.6 is 0 Å². The van der Waals surface area contributed by atoms with E-state index in [-0.39, 0.29) is 21.7 Å². The van der Waals surface area contributed by atoms with Gasteiger partial charge in [-0.25, -0.2) is 0 Å². The monoisotopic (exact) mass is 228 g/mol. The Morgan fingerprint density at radius 3 is 1.33 bits per heavy atom. The molecule has 6 heteroatoms. The molecule has 0 rings (SSSR count). The zero-order valence-electron chi connectivity index (χ0n) is 7.79. The summed E-state index contributed by atoms with van der Waals surface area (Å²) < 4.78 is 14.9. The third kappa shape index (κ3) is 6.31. The van der Waals surface area contributed by atoms with E-state index in [0.717, 1.165) is 0 Å². The second kappa shape index (κ2) is 8.37. The summed E-state index contributed by atoms with van der Waals surface area (Å²) in [5, 5.41) is 0. The number of rotatable bonds is 6. The van der Waals surface area contributed by atoms with Crippen molar-refractivity contribution in [3.8, 4) is 0 Å². The van der Waals surface area contributed by atoms with Crippen LogP contribution in [0.1, 0.15) is 20.8 Å². The molecule has 0 amide bonds. The largest absolute Gasteiger partial charge is 0.676 e. The zero-order chi connectivity index (χ0) is 8.74. The molecule has 0 saturated heterocycles. The van der Waals surface area contributed by atoms with Crippen LogP contribution in [0.15, 0.2) is 0 Å². The normalized spacial score (nSPS) is 11.0. The van der Waals surface area contributed by atoms with Crippen LogP contribution in [0, 0.1) is 0 Å². The van der Waals surface area contributed by atoms with Crippen LogP contribution in [0.2, 0.25) is 0 Å². The fraction of sp³-hybridized carbons (Fsp3) is 1.00. The summed E-state index contributed by atoms with van der Waals surface area (Å²) in [5.74, 6) is 0. The molecule has 0 spiro atoms. The summed E-state index contributed by atoms with van der Waals surface area (Å²) in [5.41, 5.74) is 0. The van der Waals surface area contributed by atoms with Crippen molar-refractivity contribution in [2.75, 3.05) is 19.8 Å². The van der Waals surface area contributed by atoms with Crippen LogP contribution in [0.5, 0.6) is 0 Å². The molecule has 0 aliphatic rings. The Balaban J connectivity index is 0. The van der Waals surface area contributed by atoms with E-state index in [1.54, 1.807) is 20.8 Å². The molecule has 0 heterocycles. The van der Waals surface area contributed by atoms with E-state index in [2.05, 4.69) is 0 Å². The molecule has 0 fully saturated rings. The van der Waals surface area contributed by atoms with E-state index < -0.39 is 9.05 Å². The SMILES string of the molecule is CCO[Si](O)(OCC)OCC.[Ti]. The first-order chi connectivity index (χ1) is 5.18. The third-order valence-electron chi connectivity index (χ3n) is 0.980. The molecule has 0 saturated carbocycles. The predicted molar refractivity (Wildman–Crippen MR) is 42.9 cm³/mol. The molecule has 0 bridgehead atoms. The van der Waals surface area contributed by atoms with Gasteiger partial charge in [0, 0.05) is 41.5 Å². The van der Waals surface area contributed by atoms with Crippen molar-refractivity contribution in [1.29, 1.82) is 0 Å². The third-order valence-corrected chi connectivity index (χ3v) is 2.94.